The second kappa shape index (κ2) is 6.55. The molecule has 1 aromatic heterocycles. The molecule has 0 radical (unpaired) electrons. The van der Waals surface area contributed by atoms with Gasteiger partial charge in [-0.3, -0.25) is 4.79 Å². The molecule has 1 saturated heterocycles. The molecule has 0 spiro atoms. The van der Waals surface area contributed by atoms with Crippen LogP contribution in [0.25, 0.3) is 11.0 Å². The summed E-state index contributed by atoms with van der Waals surface area (Å²) in [4.78, 5) is 25.6. The number of rotatable bonds is 4. The molecule has 1 amide bonds. The number of aliphatic carboxylic acids is 1. The van der Waals surface area contributed by atoms with E-state index in [1.54, 1.807) is 19.4 Å². The van der Waals surface area contributed by atoms with Crippen LogP contribution in [0.1, 0.15) is 25.3 Å². The van der Waals surface area contributed by atoms with E-state index in [-0.39, 0.29) is 12.3 Å². The standard InChI is InChI=1S/C18H21NO5/c1-11-5-6-19(15(7-11)18(21)22)17(20)8-12-10-24-16-9-13(23-2)3-4-14(12)16/h3-4,9-11,15H,5-8H2,1-2H3,(H,21,22). The van der Waals surface area contributed by atoms with Crippen LogP contribution in [0.5, 0.6) is 5.75 Å². The molecule has 2 heterocycles. The van der Waals surface area contributed by atoms with Gasteiger partial charge in [0.1, 0.15) is 17.4 Å². The van der Waals surface area contributed by atoms with Gasteiger partial charge in [0.2, 0.25) is 5.91 Å². The van der Waals surface area contributed by atoms with Gasteiger partial charge in [0.05, 0.1) is 19.8 Å². The molecule has 0 aliphatic carbocycles. The van der Waals surface area contributed by atoms with Crippen LogP contribution < -0.4 is 4.74 Å². The van der Waals surface area contributed by atoms with Crippen LogP contribution in [0.15, 0.2) is 28.9 Å². The summed E-state index contributed by atoms with van der Waals surface area (Å²) in [5, 5.41) is 10.3. The molecule has 0 bridgehead atoms. The van der Waals surface area contributed by atoms with E-state index >= 15 is 0 Å². The number of carbonyl (C=O) groups is 2. The van der Waals surface area contributed by atoms with Crippen molar-refractivity contribution in [2.75, 3.05) is 13.7 Å². The van der Waals surface area contributed by atoms with Crippen molar-refractivity contribution in [1.82, 2.24) is 4.90 Å². The van der Waals surface area contributed by atoms with E-state index in [0.717, 1.165) is 17.4 Å². The highest BCUT2D eigenvalue weighted by Gasteiger charge is 2.34. The number of fused-ring (bicyclic) bond motifs is 1. The third kappa shape index (κ3) is 3.09. The first-order valence-corrected chi connectivity index (χ1v) is 8.06. The summed E-state index contributed by atoms with van der Waals surface area (Å²) in [5.41, 5.74) is 1.42. The van der Waals surface area contributed by atoms with Gasteiger partial charge in [0.25, 0.3) is 0 Å². The van der Waals surface area contributed by atoms with Gasteiger partial charge in [-0.15, -0.1) is 0 Å². The highest BCUT2D eigenvalue weighted by atomic mass is 16.5. The van der Waals surface area contributed by atoms with Gasteiger partial charge in [0, 0.05) is 23.6 Å². The Balaban J connectivity index is 1.80. The third-order valence-electron chi connectivity index (χ3n) is 4.67. The fourth-order valence-corrected chi connectivity index (χ4v) is 3.27. The van der Waals surface area contributed by atoms with Gasteiger partial charge >= 0.3 is 5.97 Å². The lowest BCUT2D eigenvalue weighted by atomic mass is 9.92. The van der Waals surface area contributed by atoms with Gasteiger partial charge in [-0.2, -0.15) is 0 Å². The molecule has 6 heteroatoms. The van der Waals surface area contributed by atoms with Crippen LogP contribution >= 0.6 is 0 Å². The molecule has 1 aliphatic heterocycles. The van der Waals surface area contributed by atoms with Crippen molar-refractivity contribution < 1.29 is 23.8 Å². The lowest BCUT2D eigenvalue weighted by Crippen LogP contribution is -2.50. The molecule has 2 atom stereocenters. The number of hydrogen-bond acceptors (Lipinski definition) is 4. The molecule has 3 rings (SSSR count). The molecule has 2 aromatic rings. The van der Waals surface area contributed by atoms with E-state index in [9.17, 15) is 14.7 Å². The average molecular weight is 331 g/mol. The van der Waals surface area contributed by atoms with Crippen LogP contribution in [0, 0.1) is 5.92 Å². The Hall–Kier alpha value is -2.50. The van der Waals surface area contributed by atoms with Crippen LogP contribution in [-0.4, -0.2) is 41.6 Å². The monoisotopic (exact) mass is 331 g/mol. The second-order valence-corrected chi connectivity index (χ2v) is 6.37. The van der Waals surface area contributed by atoms with Crippen molar-refractivity contribution >= 4 is 22.8 Å². The quantitative estimate of drug-likeness (QED) is 0.932. The number of furan rings is 1. The summed E-state index contributed by atoms with van der Waals surface area (Å²) in [6.07, 6.45) is 3.03. The smallest absolute Gasteiger partial charge is 0.326 e. The van der Waals surface area contributed by atoms with E-state index in [4.69, 9.17) is 9.15 Å². The second-order valence-electron chi connectivity index (χ2n) is 6.37. The molecule has 1 aromatic carbocycles. The van der Waals surface area contributed by atoms with Crippen molar-refractivity contribution in [3.8, 4) is 5.75 Å². The molecule has 1 N–H and O–H groups in total. The number of nitrogens with zero attached hydrogens (tertiary/aromatic N) is 1. The summed E-state index contributed by atoms with van der Waals surface area (Å²) in [6.45, 7) is 2.51. The number of carboxylic acid groups (broad SMARTS) is 1. The van der Waals surface area contributed by atoms with Crippen molar-refractivity contribution in [2.24, 2.45) is 5.92 Å². The third-order valence-corrected chi connectivity index (χ3v) is 4.67. The molecule has 6 nitrogen and oxygen atoms in total. The first kappa shape index (κ1) is 16.4. The van der Waals surface area contributed by atoms with Crippen LogP contribution in [-0.2, 0) is 16.0 Å². The Morgan fingerprint density at radius 1 is 1.42 bits per heavy atom. The fraction of sp³-hybridized carbons (Fsp3) is 0.444. The van der Waals surface area contributed by atoms with Gasteiger partial charge in [0.15, 0.2) is 0 Å². The first-order valence-electron chi connectivity index (χ1n) is 8.06. The van der Waals surface area contributed by atoms with Crippen molar-refractivity contribution in [3.63, 3.8) is 0 Å². The van der Waals surface area contributed by atoms with Gasteiger partial charge in [-0.1, -0.05) is 6.92 Å². The van der Waals surface area contributed by atoms with Crippen molar-refractivity contribution in [2.45, 2.75) is 32.2 Å². The zero-order valence-electron chi connectivity index (χ0n) is 13.8. The molecule has 0 saturated carbocycles. The SMILES string of the molecule is COc1ccc2c(CC(=O)N3CCC(C)CC3C(=O)O)coc2c1. The van der Waals surface area contributed by atoms with E-state index in [0.29, 0.717) is 30.2 Å². The van der Waals surface area contributed by atoms with E-state index in [1.807, 2.05) is 19.1 Å². The summed E-state index contributed by atoms with van der Waals surface area (Å²) >= 11 is 0. The molecule has 128 valence electrons. The van der Waals surface area contributed by atoms with Crippen molar-refractivity contribution in [1.29, 1.82) is 0 Å². The predicted octanol–water partition coefficient (Wildman–Crippen LogP) is 2.70. The molecule has 2 unspecified atom stereocenters. The molecule has 1 aliphatic rings. The number of carboxylic acids is 1. The number of benzene rings is 1. The largest absolute Gasteiger partial charge is 0.497 e. The lowest BCUT2D eigenvalue weighted by molar-refractivity contribution is -0.152. The topological polar surface area (TPSA) is 80.0 Å². The summed E-state index contributed by atoms with van der Waals surface area (Å²) in [6, 6.07) is 4.70. The average Bonchev–Trinajstić information content (AvgIpc) is 2.96. The zero-order chi connectivity index (χ0) is 17.3. The minimum Gasteiger partial charge on any atom is -0.497 e. The molecule has 24 heavy (non-hydrogen) atoms. The maximum atomic E-state index is 12.7. The first-order chi connectivity index (χ1) is 11.5. The number of ether oxygens (including phenoxy) is 1. The Morgan fingerprint density at radius 2 is 2.21 bits per heavy atom. The van der Waals surface area contributed by atoms with E-state index in [1.165, 1.54) is 4.90 Å². The summed E-state index contributed by atoms with van der Waals surface area (Å²) in [7, 11) is 1.58. The Morgan fingerprint density at radius 3 is 2.92 bits per heavy atom. The van der Waals surface area contributed by atoms with E-state index in [2.05, 4.69) is 0 Å². The zero-order valence-corrected chi connectivity index (χ0v) is 13.8. The van der Waals surface area contributed by atoms with Gasteiger partial charge in [-0.25, -0.2) is 4.79 Å². The number of hydrogen-bond donors (Lipinski definition) is 1. The van der Waals surface area contributed by atoms with Gasteiger partial charge < -0.3 is 19.2 Å². The Labute approximate surface area is 140 Å². The number of amides is 1. The number of piperidine rings is 1. The number of carbonyl (C=O) groups excluding carboxylic acids is 1. The number of methoxy groups -OCH3 is 1. The van der Waals surface area contributed by atoms with Crippen LogP contribution in [0.2, 0.25) is 0 Å². The maximum absolute atomic E-state index is 12.7. The fourth-order valence-electron chi connectivity index (χ4n) is 3.27. The Bertz CT molecular complexity index is 766. The summed E-state index contributed by atoms with van der Waals surface area (Å²) in [5.74, 6) is -0.104. The molecular weight excluding hydrogens is 310 g/mol. The lowest BCUT2D eigenvalue weighted by Gasteiger charge is -2.36. The van der Waals surface area contributed by atoms with Crippen molar-refractivity contribution in [3.05, 3.63) is 30.0 Å². The molecule has 1 fully saturated rings. The van der Waals surface area contributed by atoms with Crippen LogP contribution in [0.4, 0.5) is 0 Å². The minimum atomic E-state index is -0.934. The molecular formula is C18H21NO5. The number of likely N-dealkylation sites (tertiary alicyclic amines) is 1. The van der Waals surface area contributed by atoms with Gasteiger partial charge in [-0.05, 0) is 30.9 Å². The van der Waals surface area contributed by atoms with Crippen LogP contribution in [0.3, 0.4) is 0 Å². The highest BCUT2D eigenvalue weighted by molar-refractivity contribution is 5.90. The minimum absolute atomic E-state index is 0.136. The summed E-state index contributed by atoms with van der Waals surface area (Å²) < 4.78 is 10.7. The Kier molecular flexibility index (Phi) is 4.46. The highest BCUT2D eigenvalue weighted by Crippen LogP contribution is 2.28. The normalized spacial score (nSPS) is 21.0. The maximum Gasteiger partial charge on any atom is 0.326 e. The predicted molar refractivity (Wildman–Crippen MR) is 88.0 cm³/mol. The van der Waals surface area contributed by atoms with E-state index < -0.39 is 12.0 Å².